The predicted octanol–water partition coefficient (Wildman–Crippen LogP) is 2.81. The Bertz CT molecular complexity index is 686. The van der Waals surface area contributed by atoms with E-state index >= 15 is 0 Å². The van der Waals surface area contributed by atoms with E-state index in [9.17, 15) is 4.79 Å². The van der Waals surface area contributed by atoms with Gasteiger partial charge in [-0.1, -0.05) is 13.8 Å². The number of rotatable bonds is 3. The number of aromatic nitrogens is 3. The summed E-state index contributed by atoms with van der Waals surface area (Å²) in [7, 11) is 0. The molecule has 2 N–H and O–H groups in total. The van der Waals surface area contributed by atoms with Crippen molar-refractivity contribution in [2.45, 2.75) is 19.8 Å². The van der Waals surface area contributed by atoms with Gasteiger partial charge in [-0.25, -0.2) is 4.98 Å². The van der Waals surface area contributed by atoms with Crippen molar-refractivity contribution in [2.24, 2.45) is 0 Å². The second-order valence-corrected chi connectivity index (χ2v) is 5.31. The topological polar surface area (TPSA) is 94.5 Å². The molecule has 7 heteroatoms. The Morgan fingerprint density at radius 2 is 2.25 bits per heavy atom. The molecule has 1 aromatic carbocycles. The van der Waals surface area contributed by atoms with Crippen molar-refractivity contribution in [3.63, 3.8) is 0 Å². The zero-order chi connectivity index (χ0) is 14.7. The van der Waals surface area contributed by atoms with Crippen LogP contribution >= 0.6 is 15.9 Å². The summed E-state index contributed by atoms with van der Waals surface area (Å²) in [4.78, 5) is 16.1. The van der Waals surface area contributed by atoms with E-state index in [2.05, 4.69) is 36.4 Å². The number of aromatic amines is 1. The predicted molar refractivity (Wildman–Crippen MR) is 77.3 cm³/mol. The van der Waals surface area contributed by atoms with E-state index < -0.39 is 5.91 Å². The molecule has 1 amide bonds. The van der Waals surface area contributed by atoms with E-state index in [0.717, 1.165) is 0 Å². The molecule has 20 heavy (non-hydrogen) atoms. The Hall–Kier alpha value is -2.20. The van der Waals surface area contributed by atoms with Crippen LogP contribution in [-0.4, -0.2) is 21.1 Å². The lowest BCUT2D eigenvalue weighted by Gasteiger charge is -2.05. The molecule has 0 bridgehead atoms. The number of benzene rings is 1. The zero-order valence-electron chi connectivity index (χ0n) is 10.9. The number of amides is 1. The number of nitriles is 1. The molecule has 0 radical (unpaired) electrons. The molecule has 0 spiro atoms. The Labute approximate surface area is 124 Å². The van der Waals surface area contributed by atoms with Crippen LogP contribution in [0.3, 0.4) is 0 Å². The Morgan fingerprint density at radius 3 is 2.80 bits per heavy atom. The molecule has 0 atom stereocenters. The maximum absolute atomic E-state index is 12.0. The third-order valence-corrected chi connectivity index (χ3v) is 3.26. The van der Waals surface area contributed by atoms with Crippen LogP contribution in [0.15, 0.2) is 22.7 Å². The molecule has 0 unspecified atom stereocenters. The first-order chi connectivity index (χ1) is 9.51. The van der Waals surface area contributed by atoms with Gasteiger partial charge in [-0.3, -0.25) is 9.89 Å². The Kier molecular flexibility index (Phi) is 4.15. The van der Waals surface area contributed by atoms with Crippen molar-refractivity contribution in [1.82, 2.24) is 15.2 Å². The van der Waals surface area contributed by atoms with Crippen LogP contribution in [0.1, 0.15) is 41.8 Å². The van der Waals surface area contributed by atoms with E-state index in [0.29, 0.717) is 21.5 Å². The van der Waals surface area contributed by atoms with Crippen LogP contribution in [0.5, 0.6) is 0 Å². The number of carbonyl (C=O) groups is 1. The molecule has 0 saturated heterocycles. The van der Waals surface area contributed by atoms with Gasteiger partial charge in [0.15, 0.2) is 0 Å². The molecule has 0 aliphatic carbocycles. The minimum absolute atomic E-state index is 0.0879. The van der Waals surface area contributed by atoms with Crippen molar-refractivity contribution in [2.75, 3.05) is 5.32 Å². The van der Waals surface area contributed by atoms with Crippen molar-refractivity contribution in [3.8, 4) is 6.07 Å². The zero-order valence-corrected chi connectivity index (χ0v) is 12.5. The van der Waals surface area contributed by atoms with Crippen LogP contribution in [-0.2, 0) is 0 Å². The van der Waals surface area contributed by atoms with Gasteiger partial charge >= 0.3 is 0 Å². The van der Waals surface area contributed by atoms with E-state index in [1.807, 2.05) is 19.9 Å². The van der Waals surface area contributed by atoms with Crippen LogP contribution in [0.2, 0.25) is 0 Å². The summed E-state index contributed by atoms with van der Waals surface area (Å²) in [6.45, 7) is 3.92. The van der Waals surface area contributed by atoms with Crippen LogP contribution in [0.25, 0.3) is 0 Å². The number of hydrogen-bond acceptors (Lipinski definition) is 4. The normalized spacial score (nSPS) is 10.3. The smallest absolute Gasteiger partial charge is 0.295 e. The van der Waals surface area contributed by atoms with Gasteiger partial charge in [-0.2, -0.15) is 5.26 Å². The summed E-state index contributed by atoms with van der Waals surface area (Å²) in [6.07, 6.45) is 0. The average Bonchev–Trinajstić information content (AvgIpc) is 2.91. The van der Waals surface area contributed by atoms with Crippen molar-refractivity contribution < 1.29 is 4.79 Å². The molecule has 0 aliphatic rings. The van der Waals surface area contributed by atoms with Gasteiger partial charge in [0.05, 0.1) is 17.3 Å². The average molecular weight is 334 g/mol. The van der Waals surface area contributed by atoms with E-state index in [4.69, 9.17) is 5.26 Å². The molecular weight excluding hydrogens is 322 g/mol. The fraction of sp³-hybridized carbons (Fsp3) is 0.231. The molecule has 2 aromatic rings. The summed E-state index contributed by atoms with van der Waals surface area (Å²) in [5.41, 5.74) is 1.07. The molecule has 102 valence electrons. The van der Waals surface area contributed by atoms with Gasteiger partial charge in [0.1, 0.15) is 5.82 Å². The third kappa shape index (κ3) is 3.03. The van der Waals surface area contributed by atoms with E-state index in [-0.39, 0.29) is 11.7 Å². The van der Waals surface area contributed by atoms with Crippen molar-refractivity contribution in [3.05, 3.63) is 39.9 Å². The molecule has 1 heterocycles. The summed E-state index contributed by atoms with van der Waals surface area (Å²) >= 11 is 3.30. The summed E-state index contributed by atoms with van der Waals surface area (Å²) in [5.74, 6) is 0.517. The maximum Gasteiger partial charge on any atom is 0.295 e. The third-order valence-electron chi connectivity index (χ3n) is 2.60. The molecule has 0 aliphatic heterocycles. The lowest BCUT2D eigenvalue weighted by Crippen LogP contribution is -2.14. The molecule has 0 fully saturated rings. The van der Waals surface area contributed by atoms with Gasteiger partial charge in [-0.15, -0.1) is 5.10 Å². The highest BCUT2D eigenvalue weighted by Crippen LogP contribution is 2.23. The first-order valence-electron chi connectivity index (χ1n) is 5.94. The number of nitrogens with one attached hydrogen (secondary N) is 2. The van der Waals surface area contributed by atoms with Crippen LogP contribution in [0, 0.1) is 11.3 Å². The first kappa shape index (κ1) is 14.2. The van der Waals surface area contributed by atoms with Gasteiger partial charge in [-0.05, 0) is 34.1 Å². The number of anilines is 1. The van der Waals surface area contributed by atoms with Crippen LogP contribution < -0.4 is 5.32 Å². The van der Waals surface area contributed by atoms with Gasteiger partial charge in [0.25, 0.3) is 5.91 Å². The number of nitrogens with zero attached hydrogens (tertiary/aromatic N) is 3. The van der Waals surface area contributed by atoms with E-state index in [1.54, 1.807) is 18.2 Å². The molecule has 6 nitrogen and oxygen atoms in total. The Balaban J connectivity index is 2.17. The highest BCUT2D eigenvalue weighted by Gasteiger charge is 2.15. The monoisotopic (exact) mass is 333 g/mol. The fourth-order valence-corrected chi connectivity index (χ4v) is 1.98. The lowest BCUT2D eigenvalue weighted by molar-refractivity contribution is 0.101. The summed E-state index contributed by atoms with van der Waals surface area (Å²) in [5, 5.41) is 18.1. The minimum atomic E-state index is -0.404. The number of hydrogen-bond donors (Lipinski definition) is 2. The maximum atomic E-state index is 12.0. The quantitative estimate of drug-likeness (QED) is 0.902. The standard InChI is InChI=1S/C13H12BrN5O/c1-7(2)11-17-12(19-18-11)13(20)16-10-4-3-8(6-15)5-9(10)14/h3-5,7H,1-2H3,(H,16,20)(H,17,18,19). The molecule has 1 aromatic heterocycles. The van der Waals surface area contributed by atoms with Gasteiger partial charge in [0, 0.05) is 10.4 Å². The number of H-pyrrole nitrogens is 1. The Morgan fingerprint density at radius 1 is 1.50 bits per heavy atom. The van der Waals surface area contributed by atoms with E-state index in [1.165, 1.54) is 0 Å². The molecule has 2 rings (SSSR count). The highest BCUT2D eigenvalue weighted by atomic mass is 79.9. The molecular formula is C13H12BrN5O. The highest BCUT2D eigenvalue weighted by molar-refractivity contribution is 9.10. The van der Waals surface area contributed by atoms with Crippen LogP contribution in [0.4, 0.5) is 5.69 Å². The number of carbonyl (C=O) groups excluding carboxylic acids is 1. The minimum Gasteiger partial charge on any atom is -0.318 e. The summed E-state index contributed by atoms with van der Waals surface area (Å²) in [6, 6.07) is 6.93. The van der Waals surface area contributed by atoms with Gasteiger partial charge < -0.3 is 5.32 Å². The van der Waals surface area contributed by atoms with Crippen molar-refractivity contribution in [1.29, 1.82) is 5.26 Å². The second kappa shape index (κ2) is 5.84. The molecule has 0 saturated carbocycles. The van der Waals surface area contributed by atoms with Gasteiger partial charge in [0.2, 0.25) is 5.82 Å². The first-order valence-corrected chi connectivity index (χ1v) is 6.74. The number of halogens is 1. The lowest BCUT2D eigenvalue weighted by atomic mass is 10.2. The second-order valence-electron chi connectivity index (χ2n) is 4.46. The fourth-order valence-electron chi connectivity index (χ4n) is 1.50. The largest absolute Gasteiger partial charge is 0.318 e. The summed E-state index contributed by atoms with van der Waals surface area (Å²) < 4.78 is 0.629. The van der Waals surface area contributed by atoms with Crippen molar-refractivity contribution >= 4 is 27.5 Å². The SMILES string of the molecule is CC(C)c1nc(C(=O)Nc2ccc(C#N)cc2Br)n[nH]1.